The van der Waals surface area contributed by atoms with Crippen molar-refractivity contribution < 1.29 is 13.9 Å². The zero-order chi connectivity index (χ0) is 24.7. The maximum Gasteiger partial charge on any atom is 0.119 e. The summed E-state index contributed by atoms with van der Waals surface area (Å²) in [5, 5.41) is 0. The summed E-state index contributed by atoms with van der Waals surface area (Å²) < 4.78 is 24.9. The Hall–Kier alpha value is -2.89. The molecule has 2 aliphatic heterocycles. The molecule has 5 heteroatoms. The Morgan fingerprint density at radius 1 is 0.889 bits per heavy atom. The third-order valence-corrected chi connectivity index (χ3v) is 7.50. The summed E-state index contributed by atoms with van der Waals surface area (Å²) in [6.07, 6.45) is 1.68. The molecular weight excluding hydrogens is 451 g/mol. The summed E-state index contributed by atoms with van der Waals surface area (Å²) in [4.78, 5) is 4.89. The number of ether oxygens (including phenoxy) is 2. The van der Waals surface area contributed by atoms with E-state index < -0.39 is 6.17 Å². The largest absolute Gasteiger partial charge is 0.497 e. The van der Waals surface area contributed by atoms with E-state index in [1.54, 1.807) is 7.11 Å². The van der Waals surface area contributed by atoms with Gasteiger partial charge in [-0.05, 0) is 65.8 Å². The molecule has 0 spiro atoms. The van der Waals surface area contributed by atoms with Gasteiger partial charge in [0, 0.05) is 45.2 Å². The van der Waals surface area contributed by atoms with Gasteiger partial charge in [0.25, 0.3) is 0 Å². The number of piperidine rings is 1. The number of benzene rings is 3. The molecule has 0 N–H and O–H groups in total. The average molecular weight is 489 g/mol. The molecular formula is C31H37FN2O2. The van der Waals surface area contributed by atoms with Crippen LogP contribution in [-0.4, -0.2) is 55.9 Å². The summed E-state index contributed by atoms with van der Waals surface area (Å²) >= 11 is 0. The van der Waals surface area contributed by atoms with E-state index in [-0.39, 0.29) is 0 Å². The number of hydrogen-bond acceptors (Lipinski definition) is 4. The molecule has 0 saturated carbocycles. The van der Waals surface area contributed by atoms with Crippen molar-refractivity contribution in [3.05, 3.63) is 95.1 Å². The molecule has 0 aliphatic carbocycles. The van der Waals surface area contributed by atoms with E-state index >= 15 is 0 Å². The summed E-state index contributed by atoms with van der Waals surface area (Å²) in [6.45, 7) is 6.20. The van der Waals surface area contributed by atoms with Crippen LogP contribution in [0.4, 0.5) is 4.39 Å². The van der Waals surface area contributed by atoms with Gasteiger partial charge in [-0.2, -0.15) is 0 Å². The van der Waals surface area contributed by atoms with Crippen LogP contribution in [0.1, 0.15) is 47.4 Å². The molecule has 4 nitrogen and oxygen atoms in total. The van der Waals surface area contributed by atoms with Crippen molar-refractivity contribution in [3.8, 4) is 11.5 Å². The number of rotatable bonds is 9. The molecule has 0 radical (unpaired) electrons. The highest BCUT2D eigenvalue weighted by atomic mass is 19.1. The highest BCUT2D eigenvalue weighted by Crippen LogP contribution is 2.36. The Morgan fingerprint density at radius 2 is 1.64 bits per heavy atom. The lowest BCUT2D eigenvalue weighted by molar-refractivity contribution is 0.143. The van der Waals surface area contributed by atoms with Crippen LogP contribution < -0.4 is 9.47 Å². The van der Waals surface area contributed by atoms with Crippen molar-refractivity contribution in [2.24, 2.45) is 0 Å². The van der Waals surface area contributed by atoms with Crippen molar-refractivity contribution in [3.63, 3.8) is 0 Å². The lowest BCUT2D eigenvalue weighted by Gasteiger charge is -2.35. The molecule has 1 atom stereocenters. The second-order valence-corrected chi connectivity index (χ2v) is 10.1. The van der Waals surface area contributed by atoms with Crippen molar-refractivity contribution in [2.75, 3.05) is 39.9 Å². The van der Waals surface area contributed by atoms with E-state index in [1.807, 2.05) is 0 Å². The lowest BCUT2D eigenvalue weighted by atomic mass is 9.84. The van der Waals surface area contributed by atoms with Gasteiger partial charge in [-0.1, -0.05) is 48.5 Å². The minimum atomic E-state index is -0.615. The zero-order valence-electron chi connectivity index (χ0n) is 21.2. The quantitative estimate of drug-likeness (QED) is 0.343. The van der Waals surface area contributed by atoms with Gasteiger partial charge in [0.05, 0.1) is 13.7 Å². The summed E-state index contributed by atoms with van der Waals surface area (Å²) in [7, 11) is 1.71. The molecule has 36 heavy (non-hydrogen) atoms. The minimum Gasteiger partial charge on any atom is -0.497 e. The van der Waals surface area contributed by atoms with Crippen LogP contribution in [0.15, 0.2) is 72.8 Å². The first-order valence-electron chi connectivity index (χ1n) is 13.2. The minimum absolute atomic E-state index is 0.302. The van der Waals surface area contributed by atoms with Crippen LogP contribution in [0, 0.1) is 0 Å². The second kappa shape index (κ2) is 11.9. The molecule has 3 aromatic rings. The highest BCUT2D eigenvalue weighted by molar-refractivity contribution is 5.45. The molecule has 190 valence electrons. The van der Waals surface area contributed by atoms with Crippen LogP contribution in [-0.2, 0) is 13.1 Å². The fraction of sp³-hybridized carbons (Fsp3) is 0.419. The van der Waals surface area contributed by atoms with E-state index in [1.165, 1.54) is 22.3 Å². The predicted octanol–water partition coefficient (Wildman–Crippen LogP) is 6.05. The number of hydrogen-bond donors (Lipinski definition) is 0. The fourth-order valence-electron chi connectivity index (χ4n) is 5.50. The van der Waals surface area contributed by atoms with Gasteiger partial charge in [0.2, 0.25) is 0 Å². The maximum atomic E-state index is 13.4. The molecule has 0 bridgehead atoms. The fourth-order valence-corrected chi connectivity index (χ4v) is 5.50. The molecule has 1 fully saturated rings. The van der Waals surface area contributed by atoms with Crippen LogP contribution >= 0.6 is 0 Å². The number of fused-ring (bicyclic) bond motifs is 1. The Kier molecular flexibility index (Phi) is 8.19. The first-order chi connectivity index (χ1) is 17.7. The third kappa shape index (κ3) is 6.26. The van der Waals surface area contributed by atoms with Gasteiger partial charge in [0.1, 0.15) is 17.7 Å². The van der Waals surface area contributed by atoms with Crippen molar-refractivity contribution >= 4 is 0 Å². The molecule has 3 aromatic carbocycles. The Morgan fingerprint density at radius 3 is 2.39 bits per heavy atom. The number of nitrogens with zero attached hydrogens (tertiary/aromatic N) is 2. The van der Waals surface area contributed by atoms with E-state index in [0.29, 0.717) is 25.4 Å². The highest BCUT2D eigenvalue weighted by Gasteiger charge is 2.27. The van der Waals surface area contributed by atoms with Gasteiger partial charge < -0.3 is 14.4 Å². The molecule has 0 aromatic heterocycles. The number of alkyl halides is 1. The number of methoxy groups -OCH3 is 1. The van der Waals surface area contributed by atoms with Gasteiger partial charge in [-0.3, -0.25) is 4.90 Å². The second-order valence-electron chi connectivity index (χ2n) is 10.1. The monoisotopic (exact) mass is 488 g/mol. The maximum absolute atomic E-state index is 13.4. The standard InChI is InChI=1S/C31H37FN2O2/c1-35-28-10-8-25(9-11-28)31-23-34(21-24-6-3-2-4-7-24)22-26-20-29(12-13-30(26)31)36-19-5-16-33-17-14-27(32)15-18-33/h2-4,6-13,20,27,31H,5,14-19,21-23H2,1H3. The van der Waals surface area contributed by atoms with Gasteiger partial charge >= 0.3 is 0 Å². The van der Waals surface area contributed by atoms with Crippen molar-refractivity contribution in [1.82, 2.24) is 9.80 Å². The average Bonchev–Trinajstić information content (AvgIpc) is 2.92. The van der Waals surface area contributed by atoms with Gasteiger partial charge in [-0.15, -0.1) is 0 Å². The Labute approximate surface area is 214 Å². The molecule has 1 unspecified atom stereocenters. The van der Waals surface area contributed by atoms with Crippen LogP contribution in [0.25, 0.3) is 0 Å². The zero-order valence-corrected chi connectivity index (χ0v) is 21.2. The first-order valence-corrected chi connectivity index (χ1v) is 13.2. The lowest BCUT2D eigenvalue weighted by Crippen LogP contribution is -2.35. The van der Waals surface area contributed by atoms with Gasteiger partial charge in [0.15, 0.2) is 0 Å². The van der Waals surface area contributed by atoms with Crippen LogP contribution in [0.5, 0.6) is 11.5 Å². The summed E-state index contributed by atoms with van der Waals surface area (Å²) in [5.74, 6) is 2.12. The number of likely N-dealkylation sites (tertiary alicyclic amines) is 1. The van der Waals surface area contributed by atoms with E-state index in [9.17, 15) is 4.39 Å². The van der Waals surface area contributed by atoms with Crippen molar-refractivity contribution in [2.45, 2.75) is 44.4 Å². The molecule has 2 heterocycles. The topological polar surface area (TPSA) is 24.9 Å². The normalized spacial score (nSPS) is 19.1. The van der Waals surface area contributed by atoms with Crippen LogP contribution in [0.2, 0.25) is 0 Å². The molecule has 5 rings (SSSR count). The predicted molar refractivity (Wildman–Crippen MR) is 143 cm³/mol. The Balaban J connectivity index is 1.28. The van der Waals surface area contributed by atoms with E-state index in [4.69, 9.17) is 9.47 Å². The van der Waals surface area contributed by atoms with E-state index in [2.05, 4.69) is 82.6 Å². The first kappa shape index (κ1) is 24.8. The van der Waals surface area contributed by atoms with Crippen LogP contribution in [0.3, 0.4) is 0 Å². The Bertz CT molecular complexity index is 1100. The molecule has 0 amide bonds. The summed E-state index contributed by atoms with van der Waals surface area (Å²) in [5.41, 5.74) is 5.35. The SMILES string of the molecule is COc1ccc(C2CN(Cc3ccccc3)Cc3cc(OCCCN4CCC(F)CC4)ccc32)cc1. The van der Waals surface area contributed by atoms with Gasteiger partial charge in [-0.25, -0.2) is 4.39 Å². The third-order valence-electron chi connectivity index (χ3n) is 7.50. The van der Waals surface area contributed by atoms with E-state index in [0.717, 1.165) is 57.2 Å². The molecule has 1 saturated heterocycles. The molecule has 2 aliphatic rings. The number of halogens is 1. The smallest absolute Gasteiger partial charge is 0.119 e. The van der Waals surface area contributed by atoms with Crippen molar-refractivity contribution in [1.29, 1.82) is 0 Å². The summed E-state index contributed by atoms with van der Waals surface area (Å²) in [6, 6.07) is 25.8.